The molecule has 82 valence electrons. The molecule has 5 nitrogen and oxygen atoms in total. The first-order valence-corrected chi connectivity index (χ1v) is 4.89. The van der Waals surface area contributed by atoms with Gasteiger partial charge in [-0.05, 0) is 13.8 Å². The van der Waals surface area contributed by atoms with Crippen molar-refractivity contribution in [2.24, 2.45) is 5.92 Å². The number of methoxy groups -OCH3 is 1. The van der Waals surface area contributed by atoms with Crippen LogP contribution in [0.2, 0.25) is 0 Å². The number of nitrogens with zero attached hydrogens (tertiary/aromatic N) is 3. The summed E-state index contributed by atoms with van der Waals surface area (Å²) in [7, 11) is 1.64. The average molecular weight is 209 g/mol. The number of hydrogen-bond acceptors (Lipinski definition) is 5. The van der Waals surface area contributed by atoms with Gasteiger partial charge in [-0.2, -0.15) is 10.2 Å². The minimum absolute atomic E-state index is 0.0730. The predicted octanol–water partition coefficient (Wildman–Crippen LogP) is 1.35. The van der Waals surface area contributed by atoms with Crippen molar-refractivity contribution >= 4 is 0 Å². The van der Waals surface area contributed by atoms with Gasteiger partial charge in [0.15, 0.2) is 5.82 Å². The summed E-state index contributed by atoms with van der Waals surface area (Å²) in [4.78, 5) is 4.18. The second-order valence-electron chi connectivity index (χ2n) is 3.59. The van der Waals surface area contributed by atoms with E-state index < -0.39 is 0 Å². The van der Waals surface area contributed by atoms with Crippen molar-refractivity contribution in [3.8, 4) is 6.07 Å². The van der Waals surface area contributed by atoms with E-state index in [1.54, 1.807) is 7.11 Å². The maximum Gasteiger partial charge on any atom is 0.227 e. The van der Waals surface area contributed by atoms with Crippen LogP contribution >= 0.6 is 0 Å². The zero-order valence-electron chi connectivity index (χ0n) is 9.23. The third-order valence-corrected chi connectivity index (χ3v) is 2.08. The van der Waals surface area contributed by atoms with Gasteiger partial charge in [0.2, 0.25) is 5.89 Å². The van der Waals surface area contributed by atoms with Crippen molar-refractivity contribution in [1.29, 1.82) is 5.26 Å². The molecule has 1 aromatic rings. The highest BCUT2D eigenvalue weighted by molar-refractivity contribution is 4.93. The summed E-state index contributed by atoms with van der Waals surface area (Å²) in [5.41, 5.74) is 0. The fourth-order valence-corrected chi connectivity index (χ4v) is 1.10. The predicted molar refractivity (Wildman–Crippen MR) is 53.0 cm³/mol. The molecule has 0 N–H and O–H groups in total. The molecule has 2 unspecified atom stereocenters. The fraction of sp³-hybridized carbons (Fsp3) is 0.700. The number of aromatic nitrogens is 2. The molecule has 5 heteroatoms. The van der Waals surface area contributed by atoms with Crippen LogP contribution in [0.25, 0.3) is 0 Å². The normalized spacial score (nSPS) is 14.5. The van der Waals surface area contributed by atoms with Crippen LogP contribution in [0, 0.1) is 17.2 Å². The van der Waals surface area contributed by atoms with Gasteiger partial charge >= 0.3 is 0 Å². The third-order valence-electron chi connectivity index (χ3n) is 2.08. The highest BCUT2D eigenvalue weighted by Gasteiger charge is 2.12. The second-order valence-corrected chi connectivity index (χ2v) is 3.59. The summed E-state index contributed by atoms with van der Waals surface area (Å²) in [6.45, 7) is 3.76. The Morgan fingerprint density at radius 3 is 2.80 bits per heavy atom. The first kappa shape index (κ1) is 11.7. The van der Waals surface area contributed by atoms with E-state index in [0.717, 1.165) is 0 Å². The van der Waals surface area contributed by atoms with Crippen LogP contribution in [0.3, 0.4) is 0 Å². The third kappa shape index (κ3) is 3.68. The van der Waals surface area contributed by atoms with Gasteiger partial charge in [-0.1, -0.05) is 5.16 Å². The molecule has 0 saturated carbocycles. The molecular formula is C10H15N3O2. The highest BCUT2D eigenvalue weighted by atomic mass is 16.5. The molecule has 0 amide bonds. The standard InChI is InChI=1S/C10H15N3O2/c1-7(6-11)4-10-12-9(13-15-10)5-8(2)14-3/h7-8H,4-5H2,1-3H3. The molecular weight excluding hydrogens is 194 g/mol. The Morgan fingerprint density at radius 2 is 2.20 bits per heavy atom. The maximum atomic E-state index is 8.63. The number of rotatable bonds is 5. The van der Waals surface area contributed by atoms with E-state index in [-0.39, 0.29) is 12.0 Å². The van der Waals surface area contributed by atoms with Crippen LogP contribution < -0.4 is 0 Å². The molecule has 0 bridgehead atoms. The lowest BCUT2D eigenvalue weighted by Gasteiger charge is -2.03. The molecule has 0 aliphatic rings. The summed E-state index contributed by atoms with van der Waals surface area (Å²) in [5.74, 6) is 1.05. The SMILES string of the molecule is COC(C)Cc1noc(CC(C)C#N)n1. The lowest BCUT2D eigenvalue weighted by Crippen LogP contribution is -2.09. The van der Waals surface area contributed by atoms with Crippen molar-refractivity contribution in [2.45, 2.75) is 32.8 Å². The first-order chi connectivity index (χ1) is 7.15. The Bertz CT molecular complexity index is 343. The Morgan fingerprint density at radius 1 is 1.47 bits per heavy atom. The molecule has 15 heavy (non-hydrogen) atoms. The van der Waals surface area contributed by atoms with E-state index in [1.807, 2.05) is 13.8 Å². The Labute approximate surface area is 89.0 Å². The lowest BCUT2D eigenvalue weighted by molar-refractivity contribution is 0.116. The van der Waals surface area contributed by atoms with Crippen LogP contribution in [0.5, 0.6) is 0 Å². The monoisotopic (exact) mass is 209 g/mol. The largest absolute Gasteiger partial charge is 0.381 e. The van der Waals surface area contributed by atoms with Crippen molar-refractivity contribution in [3.63, 3.8) is 0 Å². The molecule has 0 aliphatic heterocycles. The fourth-order valence-electron chi connectivity index (χ4n) is 1.10. The van der Waals surface area contributed by atoms with E-state index in [9.17, 15) is 0 Å². The summed E-state index contributed by atoms with van der Waals surface area (Å²) in [6.07, 6.45) is 1.20. The Hall–Kier alpha value is -1.41. The van der Waals surface area contributed by atoms with Gasteiger partial charge in [0, 0.05) is 20.0 Å². The van der Waals surface area contributed by atoms with Gasteiger partial charge < -0.3 is 9.26 Å². The molecule has 0 spiro atoms. The molecule has 1 heterocycles. The van der Waals surface area contributed by atoms with E-state index in [2.05, 4.69) is 16.2 Å². The minimum atomic E-state index is -0.0989. The van der Waals surface area contributed by atoms with Gasteiger partial charge in [0.25, 0.3) is 0 Å². The molecule has 1 aromatic heterocycles. The van der Waals surface area contributed by atoms with E-state index in [1.165, 1.54) is 0 Å². The van der Waals surface area contributed by atoms with Gasteiger partial charge in [0.05, 0.1) is 18.1 Å². The van der Waals surface area contributed by atoms with E-state index in [0.29, 0.717) is 24.6 Å². The highest BCUT2D eigenvalue weighted by Crippen LogP contribution is 2.07. The van der Waals surface area contributed by atoms with Crippen LogP contribution in [-0.2, 0) is 17.6 Å². The average Bonchev–Trinajstić information content (AvgIpc) is 2.65. The number of nitriles is 1. The molecule has 0 saturated heterocycles. The smallest absolute Gasteiger partial charge is 0.227 e. The Balaban J connectivity index is 2.53. The topological polar surface area (TPSA) is 71.9 Å². The molecule has 0 radical (unpaired) electrons. The van der Waals surface area contributed by atoms with Gasteiger partial charge in [-0.25, -0.2) is 0 Å². The van der Waals surface area contributed by atoms with Crippen molar-refractivity contribution in [2.75, 3.05) is 7.11 Å². The zero-order valence-corrected chi connectivity index (χ0v) is 9.23. The lowest BCUT2D eigenvalue weighted by atomic mass is 10.1. The van der Waals surface area contributed by atoms with Crippen molar-refractivity contribution in [1.82, 2.24) is 10.1 Å². The summed E-state index contributed by atoms with van der Waals surface area (Å²) < 4.78 is 10.1. The Kier molecular flexibility index (Phi) is 4.25. The molecule has 2 atom stereocenters. The van der Waals surface area contributed by atoms with Crippen LogP contribution in [0.15, 0.2) is 4.52 Å². The second kappa shape index (κ2) is 5.47. The quantitative estimate of drug-likeness (QED) is 0.731. The summed E-state index contributed by atoms with van der Waals surface area (Å²) in [6, 6.07) is 2.12. The molecule has 0 fully saturated rings. The van der Waals surface area contributed by atoms with Crippen LogP contribution in [0.4, 0.5) is 0 Å². The van der Waals surface area contributed by atoms with Crippen molar-refractivity contribution < 1.29 is 9.26 Å². The number of hydrogen-bond donors (Lipinski definition) is 0. The van der Waals surface area contributed by atoms with E-state index in [4.69, 9.17) is 14.5 Å². The van der Waals surface area contributed by atoms with E-state index >= 15 is 0 Å². The minimum Gasteiger partial charge on any atom is -0.381 e. The zero-order chi connectivity index (χ0) is 11.3. The van der Waals surface area contributed by atoms with Crippen LogP contribution in [0.1, 0.15) is 25.6 Å². The number of ether oxygens (including phenoxy) is 1. The molecule has 0 aliphatic carbocycles. The first-order valence-electron chi connectivity index (χ1n) is 4.89. The maximum absolute atomic E-state index is 8.63. The summed E-state index contributed by atoms with van der Waals surface area (Å²) >= 11 is 0. The van der Waals surface area contributed by atoms with Gasteiger partial charge in [0.1, 0.15) is 0 Å². The van der Waals surface area contributed by atoms with Crippen LogP contribution in [-0.4, -0.2) is 23.4 Å². The van der Waals surface area contributed by atoms with Crippen molar-refractivity contribution in [3.05, 3.63) is 11.7 Å². The molecule has 0 aromatic carbocycles. The molecule has 1 rings (SSSR count). The van der Waals surface area contributed by atoms with Gasteiger partial charge in [-0.15, -0.1) is 0 Å². The van der Waals surface area contributed by atoms with Gasteiger partial charge in [-0.3, -0.25) is 0 Å². The summed E-state index contributed by atoms with van der Waals surface area (Å²) in [5, 5.41) is 12.4.